The first-order valence-corrected chi connectivity index (χ1v) is 14.9. The van der Waals surface area contributed by atoms with Gasteiger partial charge in [0.1, 0.15) is 0 Å². The highest BCUT2D eigenvalue weighted by Gasteiger charge is 2.26. The zero-order valence-corrected chi connectivity index (χ0v) is 24.3. The summed E-state index contributed by atoms with van der Waals surface area (Å²) >= 11 is 12.9. The second-order valence-electron chi connectivity index (χ2n) is 9.49. The van der Waals surface area contributed by atoms with Gasteiger partial charge in [0.2, 0.25) is 0 Å². The normalized spacial score (nSPS) is 12.6. The van der Waals surface area contributed by atoms with Gasteiger partial charge in [-0.1, -0.05) is 0 Å². The van der Waals surface area contributed by atoms with E-state index in [1.165, 1.54) is 0 Å². The first-order valence-electron chi connectivity index (χ1n) is 11.6. The van der Waals surface area contributed by atoms with Gasteiger partial charge in [-0.3, -0.25) is 18.3 Å². The second-order valence-corrected chi connectivity index (χ2v) is 12.9. The molecule has 188 valence electrons. The Balaban J connectivity index is 1.68. The highest BCUT2D eigenvalue weighted by molar-refractivity contribution is 8.00. The van der Waals surface area contributed by atoms with E-state index in [9.17, 15) is 9.59 Å². The van der Waals surface area contributed by atoms with Crippen molar-refractivity contribution < 1.29 is 0 Å². The first kappa shape index (κ1) is 28.7. The minimum atomic E-state index is -0.247. The van der Waals surface area contributed by atoms with Crippen molar-refractivity contribution in [2.75, 3.05) is 23.0 Å². The molecule has 0 saturated heterocycles. The van der Waals surface area contributed by atoms with E-state index < -0.39 is 0 Å². The van der Waals surface area contributed by atoms with E-state index in [4.69, 9.17) is 0 Å². The number of rotatable bonds is 14. The van der Waals surface area contributed by atoms with Crippen LogP contribution in [0.25, 0.3) is 0 Å². The summed E-state index contributed by atoms with van der Waals surface area (Å²) in [6, 6.07) is 0. The molecule has 0 aliphatic rings. The molecule has 0 bridgehead atoms. The van der Waals surface area contributed by atoms with Gasteiger partial charge in [0.15, 0.2) is 0 Å². The molecule has 0 radical (unpaired) electrons. The summed E-state index contributed by atoms with van der Waals surface area (Å²) in [5.74, 6) is 4.27. The Hall–Kier alpha value is -0.580. The lowest BCUT2D eigenvalue weighted by Gasteiger charge is -2.27. The van der Waals surface area contributed by atoms with Crippen molar-refractivity contribution in [3.63, 3.8) is 0 Å². The van der Waals surface area contributed by atoms with Gasteiger partial charge in [0, 0.05) is 36.6 Å². The van der Waals surface area contributed by atoms with Crippen LogP contribution in [0.3, 0.4) is 0 Å². The van der Waals surface area contributed by atoms with Crippen LogP contribution in [0.15, 0.2) is 32.0 Å². The Labute approximate surface area is 217 Å². The molecule has 0 fully saturated rings. The number of aromatic nitrogens is 4. The highest BCUT2D eigenvalue weighted by Crippen LogP contribution is 2.26. The smallest absolute Gasteiger partial charge is 0.298 e. The summed E-state index contributed by atoms with van der Waals surface area (Å²) in [6.07, 6.45) is 6.66. The molecule has 0 aliphatic carbocycles. The van der Waals surface area contributed by atoms with Gasteiger partial charge in [-0.2, -0.15) is 23.5 Å². The molecule has 0 aromatic carbocycles. The van der Waals surface area contributed by atoms with Gasteiger partial charge in [-0.05, 0) is 83.8 Å². The van der Waals surface area contributed by atoms with E-state index in [0.29, 0.717) is 13.1 Å². The van der Waals surface area contributed by atoms with Gasteiger partial charge < -0.3 is 0 Å². The molecule has 2 rings (SSSR count). The van der Waals surface area contributed by atoms with E-state index >= 15 is 0 Å². The zero-order valence-electron chi connectivity index (χ0n) is 20.8. The fraction of sp³-hybridized carbons (Fsp3) is 0.739. The highest BCUT2D eigenvalue weighted by atomic mass is 32.2. The van der Waals surface area contributed by atoms with Crippen LogP contribution in [0.1, 0.15) is 60.8 Å². The van der Waals surface area contributed by atoms with Crippen molar-refractivity contribution in [1.29, 1.82) is 0 Å². The summed E-state index contributed by atoms with van der Waals surface area (Å²) in [7, 11) is 0. The SMILES string of the molecule is CCn1cc(S)n(C(C)(C)CCSCCCSCCC(C)(C)n2c(S)cn(CC)c2=O)c1=O. The predicted molar refractivity (Wildman–Crippen MR) is 150 cm³/mol. The van der Waals surface area contributed by atoms with Crippen molar-refractivity contribution in [2.45, 2.75) is 95.0 Å². The summed E-state index contributed by atoms with van der Waals surface area (Å²) in [5, 5.41) is 1.46. The number of aryl methyl sites for hydroxylation is 2. The quantitative estimate of drug-likeness (QED) is 0.264. The average molecular weight is 533 g/mol. The fourth-order valence-corrected chi connectivity index (χ4v) is 7.45. The van der Waals surface area contributed by atoms with Crippen LogP contribution in [0, 0.1) is 0 Å². The predicted octanol–water partition coefficient (Wildman–Crippen LogP) is 5.04. The molecular weight excluding hydrogens is 493 g/mol. The zero-order chi connectivity index (χ0) is 24.8. The molecule has 0 unspecified atom stereocenters. The first-order chi connectivity index (χ1) is 15.5. The monoisotopic (exact) mass is 532 g/mol. The topological polar surface area (TPSA) is 53.9 Å². The number of thioether (sulfide) groups is 2. The lowest BCUT2D eigenvalue weighted by Crippen LogP contribution is -2.37. The van der Waals surface area contributed by atoms with Crippen LogP contribution >= 0.6 is 48.8 Å². The van der Waals surface area contributed by atoms with Crippen LogP contribution in [0.4, 0.5) is 0 Å². The number of hydrogen-bond donors (Lipinski definition) is 2. The molecule has 6 nitrogen and oxygen atoms in total. The van der Waals surface area contributed by atoms with E-state index in [1.807, 2.05) is 58.9 Å². The number of hydrogen-bond acceptors (Lipinski definition) is 6. The van der Waals surface area contributed by atoms with E-state index in [1.54, 1.807) is 9.13 Å². The third kappa shape index (κ3) is 7.21. The van der Waals surface area contributed by atoms with Gasteiger partial charge in [0.05, 0.1) is 10.1 Å². The van der Waals surface area contributed by atoms with Gasteiger partial charge in [0.25, 0.3) is 0 Å². The van der Waals surface area contributed by atoms with Crippen molar-refractivity contribution in [3.05, 3.63) is 33.4 Å². The van der Waals surface area contributed by atoms with Crippen LogP contribution in [-0.4, -0.2) is 41.3 Å². The lowest BCUT2D eigenvalue weighted by atomic mass is 10.0. The fourth-order valence-electron chi connectivity index (χ4n) is 3.88. The molecule has 2 heterocycles. The van der Waals surface area contributed by atoms with Crippen LogP contribution in [0.2, 0.25) is 0 Å². The van der Waals surface area contributed by atoms with Crippen molar-refractivity contribution in [3.8, 4) is 0 Å². The van der Waals surface area contributed by atoms with Crippen LogP contribution in [0.5, 0.6) is 0 Å². The average Bonchev–Trinajstić information content (AvgIpc) is 3.20. The standard InChI is InChI=1S/C23H40N4O2S4/c1-7-24-16-18(30)26(20(24)28)22(3,4)10-14-32-12-9-13-33-15-11-23(5,6)27-19(31)17-25(8-2)21(27)29/h16-17,30-31H,7-15H2,1-6H3. The Morgan fingerprint density at radius 3 is 1.39 bits per heavy atom. The number of nitrogens with zero attached hydrogens (tertiary/aromatic N) is 4. The molecule has 2 aromatic heterocycles. The molecule has 33 heavy (non-hydrogen) atoms. The summed E-state index contributed by atoms with van der Waals surface area (Å²) in [5.41, 5.74) is -0.448. The third-order valence-electron chi connectivity index (χ3n) is 6.06. The molecule has 0 amide bonds. The van der Waals surface area contributed by atoms with Gasteiger partial charge >= 0.3 is 11.4 Å². The Kier molecular flexibility index (Phi) is 10.8. The van der Waals surface area contributed by atoms with Crippen LogP contribution < -0.4 is 11.4 Å². The minimum absolute atomic E-state index is 0.0235. The maximum absolute atomic E-state index is 12.6. The van der Waals surface area contributed by atoms with Crippen molar-refractivity contribution in [2.24, 2.45) is 0 Å². The van der Waals surface area contributed by atoms with Crippen molar-refractivity contribution >= 4 is 48.8 Å². The minimum Gasteiger partial charge on any atom is -0.298 e. The molecule has 2 aromatic rings. The largest absolute Gasteiger partial charge is 0.329 e. The Bertz CT molecular complexity index is 937. The maximum Gasteiger partial charge on any atom is 0.329 e. The molecule has 0 saturated carbocycles. The van der Waals surface area contributed by atoms with Gasteiger partial charge in [-0.15, -0.1) is 25.3 Å². The lowest BCUT2D eigenvalue weighted by molar-refractivity contribution is 0.312. The number of imidazole rings is 2. The Morgan fingerprint density at radius 1 is 0.727 bits per heavy atom. The molecule has 0 N–H and O–H groups in total. The van der Waals surface area contributed by atoms with E-state index in [-0.39, 0.29) is 22.5 Å². The maximum atomic E-state index is 12.6. The molecule has 0 aliphatic heterocycles. The second kappa shape index (κ2) is 12.4. The summed E-state index contributed by atoms with van der Waals surface area (Å²) in [4.78, 5) is 25.1. The number of thiol groups is 2. The van der Waals surface area contributed by atoms with Gasteiger partial charge in [-0.25, -0.2) is 9.59 Å². The van der Waals surface area contributed by atoms with E-state index in [0.717, 1.165) is 52.3 Å². The molecule has 10 heteroatoms. The molecule has 0 spiro atoms. The molecule has 0 atom stereocenters. The third-order valence-corrected chi connectivity index (χ3v) is 8.83. The Morgan fingerprint density at radius 2 is 1.09 bits per heavy atom. The molecular formula is C23H40N4O2S4. The summed E-state index contributed by atoms with van der Waals surface area (Å²) in [6.45, 7) is 13.7. The van der Waals surface area contributed by atoms with Crippen molar-refractivity contribution in [1.82, 2.24) is 18.3 Å². The summed E-state index contributed by atoms with van der Waals surface area (Å²) < 4.78 is 7.05. The van der Waals surface area contributed by atoms with Crippen LogP contribution in [-0.2, 0) is 24.2 Å². The van der Waals surface area contributed by atoms with E-state index in [2.05, 4.69) is 53.0 Å².